The quantitative estimate of drug-likeness (QED) is 0.250. The van der Waals surface area contributed by atoms with Crippen molar-refractivity contribution in [2.75, 3.05) is 25.6 Å². The molecule has 0 aliphatic carbocycles. The van der Waals surface area contributed by atoms with Crippen molar-refractivity contribution in [2.45, 2.75) is 37.1 Å². The van der Waals surface area contributed by atoms with E-state index in [9.17, 15) is 22.8 Å². The van der Waals surface area contributed by atoms with Crippen LogP contribution in [0.1, 0.15) is 23.6 Å². The highest BCUT2D eigenvalue weighted by Gasteiger charge is 2.33. The summed E-state index contributed by atoms with van der Waals surface area (Å²) < 4.78 is 55.3. The van der Waals surface area contributed by atoms with Crippen LogP contribution in [0.4, 0.5) is 13.2 Å². The maximum Gasteiger partial charge on any atom is 0.417 e. The smallest absolute Gasteiger partial charge is 0.417 e. The molecule has 4 rings (SSSR count). The van der Waals surface area contributed by atoms with Crippen LogP contribution in [0.25, 0.3) is 0 Å². The summed E-state index contributed by atoms with van der Waals surface area (Å²) in [6, 6.07) is 15.8. The zero-order chi connectivity index (χ0) is 27.8. The van der Waals surface area contributed by atoms with Crippen LogP contribution < -0.4 is 9.47 Å². The molecule has 0 spiro atoms. The van der Waals surface area contributed by atoms with Gasteiger partial charge in [0.05, 0.1) is 22.9 Å². The number of carbonyl (C=O) groups excluding carboxylic acids is 2. The van der Waals surface area contributed by atoms with Crippen molar-refractivity contribution in [1.29, 1.82) is 0 Å². The number of rotatable bonds is 10. The van der Waals surface area contributed by atoms with E-state index in [0.29, 0.717) is 30.3 Å². The normalized spacial score (nSPS) is 13.4. The van der Waals surface area contributed by atoms with E-state index in [1.807, 2.05) is 30.3 Å². The summed E-state index contributed by atoms with van der Waals surface area (Å²) in [7, 11) is 0. The highest BCUT2D eigenvalue weighted by Crippen LogP contribution is 2.32. The van der Waals surface area contributed by atoms with Gasteiger partial charge in [-0.05, 0) is 42.3 Å². The molecule has 1 aromatic heterocycles. The Labute approximate surface area is 228 Å². The number of fused-ring (bicyclic) bond motifs is 1. The number of nitrogens with zero attached hydrogens (tertiary/aromatic N) is 2. The van der Waals surface area contributed by atoms with Gasteiger partial charge >= 0.3 is 12.1 Å². The molecule has 1 unspecified atom stereocenters. The molecular weight excluding hydrogens is 533 g/mol. The van der Waals surface area contributed by atoms with Gasteiger partial charge in [0.15, 0.2) is 11.5 Å². The van der Waals surface area contributed by atoms with Crippen LogP contribution >= 0.6 is 11.8 Å². The summed E-state index contributed by atoms with van der Waals surface area (Å²) >= 11 is 0.992. The first-order valence-corrected chi connectivity index (χ1v) is 13.3. The fourth-order valence-electron chi connectivity index (χ4n) is 4.00. The molecule has 1 aliphatic heterocycles. The lowest BCUT2D eigenvalue weighted by Gasteiger charge is -2.31. The molecule has 7 nitrogen and oxygen atoms in total. The van der Waals surface area contributed by atoms with Gasteiger partial charge in [-0.15, -0.1) is 0 Å². The second kappa shape index (κ2) is 12.9. The molecule has 2 aromatic carbocycles. The van der Waals surface area contributed by atoms with E-state index < -0.39 is 29.7 Å². The predicted molar refractivity (Wildman–Crippen MR) is 139 cm³/mol. The number of pyridine rings is 1. The van der Waals surface area contributed by atoms with E-state index in [4.69, 9.17) is 14.2 Å². The lowest BCUT2D eigenvalue weighted by Crippen LogP contribution is -2.47. The number of alkyl halides is 3. The number of carbonyl (C=O) groups is 2. The first-order chi connectivity index (χ1) is 18.7. The Kier molecular flexibility index (Phi) is 9.34. The summed E-state index contributed by atoms with van der Waals surface area (Å²) in [6.07, 6.45) is -3.55. The fourth-order valence-corrected chi connectivity index (χ4v) is 4.73. The average Bonchev–Trinajstić information content (AvgIpc) is 2.94. The van der Waals surface area contributed by atoms with Crippen LogP contribution in [0, 0.1) is 0 Å². The lowest BCUT2D eigenvalue weighted by molar-refractivity contribution is -0.154. The molecule has 0 N–H and O–H groups in total. The summed E-state index contributed by atoms with van der Waals surface area (Å²) in [5, 5.41) is 0.256. The molecule has 0 saturated carbocycles. The van der Waals surface area contributed by atoms with E-state index in [2.05, 4.69) is 4.98 Å². The van der Waals surface area contributed by atoms with Crippen LogP contribution in [-0.2, 0) is 33.5 Å². The third kappa shape index (κ3) is 7.66. The van der Waals surface area contributed by atoms with Gasteiger partial charge in [0, 0.05) is 19.2 Å². The van der Waals surface area contributed by atoms with Gasteiger partial charge in [-0.25, -0.2) is 9.78 Å². The van der Waals surface area contributed by atoms with Crippen molar-refractivity contribution < 1.29 is 37.0 Å². The van der Waals surface area contributed by atoms with Crippen molar-refractivity contribution >= 4 is 23.6 Å². The third-order valence-electron chi connectivity index (χ3n) is 5.89. The molecule has 206 valence electrons. The Morgan fingerprint density at radius 3 is 2.44 bits per heavy atom. The third-order valence-corrected chi connectivity index (χ3v) is 6.82. The molecular formula is C28H27F3N2O5S. The number of aromatic nitrogens is 1. The predicted octanol–water partition coefficient (Wildman–Crippen LogP) is 5.17. The number of ether oxygens (including phenoxy) is 3. The van der Waals surface area contributed by atoms with Crippen molar-refractivity contribution in [3.63, 3.8) is 0 Å². The van der Waals surface area contributed by atoms with Crippen LogP contribution in [0.2, 0.25) is 0 Å². The summed E-state index contributed by atoms with van der Waals surface area (Å²) in [6.45, 7) is 2.74. The molecule has 0 fully saturated rings. The Bertz CT molecular complexity index is 1270. The van der Waals surface area contributed by atoms with Gasteiger partial charge in [-0.3, -0.25) is 4.79 Å². The highest BCUT2D eigenvalue weighted by atomic mass is 32.2. The Hall–Kier alpha value is -3.73. The molecule has 39 heavy (non-hydrogen) atoms. The van der Waals surface area contributed by atoms with E-state index in [1.165, 1.54) is 11.0 Å². The van der Waals surface area contributed by atoms with Gasteiger partial charge in [-0.2, -0.15) is 13.2 Å². The van der Waals surface area contributed by atoms with Crippen molar-refractivity contribution in [3.8, 4) is 11.5 Å². The number of amides is 1. The topological polar surface area (TPSA) is 78.0 Å². The monoisotopic (exact) mass is 560 g/mol. The molecule has 0 bridgehead atoms. The molecule has 2 heterocycles. The zero-order valence-corrected chi connectivity index (χ0v) is 22.0. The van der Waals surface area contributed by atoms with Crippen molar-refractivity contribution in [1.82, 2.24) is 9.88 Å². The fraction of sp³-hybridized carbons (Fsp3) is 0.321. The van der Waals surface area contributed by atoms with E-state index in [-0.39, 0.29) is 30.4 Å². The molecule has 1 aliphatic rings. The Morgan fingerprint density at radius 1 is 1.03 bits per heavy atom. The number of benzene rings is 2. The molecule has 1 amide bonds. The Balaban J connectivity index is 1.59. The largest absolute Gasteiger partial charge is 0.486 e. The number of esters is 1. The second-order valence-electron chi connectivity index (χ2n) is 8.63. The maximum atomic E-state index is 13.6. The number of thioether (sulfide) groups is 1. The van der Waals surface area contributed by atoms with Gasteiger partial charge in [0.1, 0.15) is 19.3 Å². The number of hydrogen-bond acceptors (Lipinski definition) is 7. The molecule has 0 radical (unpaired) electrons. The van der Waals surface area contributed by atoms with Crippen LogP contribution in [-0.4, -0.2) is 53.4 Å². The number of halogens is 3. The van der Waals surface area contributed by atoms with E-state index >= 15 is 0 Å². The van der Waals surface area contributed by atoms with Gasteiger partial charge in [0.2, 0.25) is 5.91 Å². The summed E-state index contributed by atoms with van der Waals surface area (Å²) in [4.78, 5) is 32.0. The van der Waals surface area contributed by atoms with Crippen LogP contribution in [0.3, 0.4) is 0 Å². The average molecular weight is 561 g/mol. The van der Waals surface area contributed by atoms with Crippen molar-refractivity contribution in [2.24, 2.45) is 0 Å². The molecule has 11 heteroatoms. The number of hydrogen-bond donors (Lipinski definition) is 0. The van der Waals surface area contributed by atoms with E-state index in [0.717, 1.165) is 29.6 Å². The highest BCUT2D eigenvalue weighted by molar-refractivity contribution is 7.99. The SMILES string of the molecule is CCOC(=O)C(Cc1ccccc1)N(Cc1ccc2c(c1)OCCO2)C(=O)CSc1ccc(C(F)(F)F)cn1. The van der Waals surface area contributed by atoms with Crippen LogP contribution in [0.15, 0.2) is 71.9 Å². The molecule has 3 aromatic rings. The zero-order valence-electron chi connectivity index (χ0n) is 21.1. The minimum atomic E-state index is -4.50. The first kappa shape index (κ1) is 28.3. The lowest BCUT2D eigenvalue weighted by atomic mass is 10.0. The van der Waals surface area contributed by atoms with Crippen LogP contribution in [0.5, 0.6) is 11.5 Å². The van der Waals surface area contributed by atoms with Gasteiger partial charge < -0.3 is 19.1 Å². The van der Waals surface area contributed by atoms with E-state index in [1.54, 1.807) is 25.1 Å². The minimum Gasteiger partial charge on any atom is -0.486 e. The molecule has 0 saturated heterocycles. The standard InChI is InChI=1S/C28H27F3N2O5S/c1-2-36-27(35)22(14-19-6-4-3-5-7-19)33(17-20-8-10-23-24(15-20)38-13-12-37-23)26(34)18-39-25-11-9-21(16-32-25)28(29,30)31/h3-11,15-16,22H,2,12-14,17-18H2,1H3. The Morgan fingerprint density at radius 2 is 1.77 bits per heavy atom. The second-order valence-corrected chi connectivity index (χ2v) is 9.62. The van der Waals surface area contributed by atoms with Gasteiger partial charge in [0.25, 0.3) is 0 Å². The minimum absolute atomic E-state index is 0.0762. The van der Waals surface area contributed by atoms with Gasteiger partial charge in [-0.1, -0.05) is 48.2 Å². The maximum absolute atomic E-state index is 13.6. The first-order valence-electron chi connectivity index (χ1n) is 12.3. The molecule has 1 atom stereocenters. The summed E-state index contributed by atoms with van der Waals surface area (Å²) in [5.74, 6) is 0.0480. The van der Waals surface area contributed by atoms with Crippen molar-refractivity contribution in [3.05, 3.63) is 83.6 Å². The summed E-state index contributed by atoms with van der Waals surface area (Å²) in [5.41, 5.74) is 0.684.